The molecule has 0 spiro atoms. The van der Waals surface area contributed by atoms with Crippen molar-refractivity contribution in [3.8, 4) is 0 Å². The molecule has 1 saturated heterocycles. The van der Waals surface area contributed by atoms with Crippen LogP contribution >= 0.6 is 11.6 Å². The smallest absolute Gasteiger partial charge is 0.224 e. The summed E-state index contributed by atoms with van der Waals surface area (Å²) >= 11 is 6.07. The highest BCUT2D eigenvalue weighted by molar-refractivity contribution is 6.22. The summed E-state index contributed by atoms with van der Waals surface area (Å²) in [5.41, 5.74) is 1.16. The van der Waals surface area contributed by atoms with Crippen LogP contribution in [0.5, 0.6) is 0 Å². The second kappa shape index (κ2) is 4.86. The molecule has 1 aliphatic heterocycles. The van der Waals surface area contributed by atoms with E-state index in [1.807, 2.05) is 17.0 Å². The van der Waals surface area contributed by atoms with Crippen LogP contribution in [0.2, 0.25) is 0 Å². The van der Waals surface area contributed by atoms with Gasteiger partial charge in [-0.1, -0.05) is 36.4 Å². The summed E-state index contributed by atoms with van der Waals surface area (Å²) in [6, 6.07) is 14.7. The first-order valence-corrected chi connectivity index (χ1v) is 7.01. The third-order valence-electron chi connectivity index (χ3n) is 3.83. The number of carbonyl (C=O) groups is 1. The number of halogens is 1. The molecule has 0 bridgehead atoms. The zero-order valence-electron chi connectivity index (χ0n) is 10.8. The van der Waals surface area contributed by atoms with Crippen LogP contribution in [-0.2, 0) is 4.79 Å². The quantitative estimate of drug-likeness (QED) is 0.764. The SMILES string of the molecule is C[C@@H](c1ccc2ccccc2c1)N1CC(Cl)CC1=O. The third-order valence-corrected chi connectivity index (χ3v) is 4.13. The molecule has 0 N–H and O–H groups in total. The zero-order valence-corrected chi connectivity index (χ0v) is 11.6. The molecular weight excluding hydrogens is 258 g/mol. The van der Waals surface area contributed by atoms with Gasteiger partial charge in [-0.15, -0.1) is 11.6 Å². The van der Waals surface area contributed by atoms with E-state index in [1.54, 1.807) is 0 Å². The Morgan fingerprint density at radius 2 is 1.95 bits per heavy atom. The fraction of sp³-hybridized carbons (Fsp3) is 0.312. The van der Waals surface area contributed by atoms with Crippen LogP contribution in [0.3, 0.4) is 0 Å². The van der Waals surface area contributed by atoms with Gasteiger partial charge in [0.1, 0.15) is 0 Å². The summed E-state index contributed by atoms with van der Waals surface area (Å²) in [7, 11) is 0. The predicted octanol–water partition coefficient (Wildman–Crippen LogP) is 3.74. The Labute approximate surface area is 118 Å². The molecule has 1 fully saturated rings. The molecule has 2 nitrogen and oxygen atoms in total. The van der Waals surface area contributed by atoms with Crippen molar-refractivity contribution in [3.05, 3.63) is 48.0 Å². The van der Waals surface area contributed by atoms with Crippen LogP contribution in [-0.4, -0.2) is 22.7 Å². The average molecular weight is 274 g/mol. The van der Waals surface area contributed by atoms with E-state index < -0.39 is 0 Å². The first-order valence-electron chi connectivity index (χ1n) is 6.57. The molecule has 0 aliphatic carbocycles. The Bertz CT molecular complexity index is 625. The minimum Gasteiger partial charge on any atom is -0.334 e. The van der Waals surface area contributed by atoms with Crippen molar-refractivity contribution in [1.29, 1.82) is 0 Å². The first-order chi connectivity index (χ1) is 9.15. The van der Waals surface area contributed by atoms with E-state index in [2.05, 4.69) is 37.3 Å². The number of nitrogens with zero attached hydrogens (tertiary/aromatic N) is 1. The van der Waals surface area contributed by atoms with Gasteiger partial charge in [0.05, 0.1) is 11.4 Å². The number of amides is 1. The summed E-state index contributed by atoms with van der Waals surface area (Å²) in [6.45, 7) is 2.71. The van der Waals surface area contributed by atoms with Crippen LogP contribution < -0.4 is 0 Å². The predicted molar refractivity (Wildman–Crippen MR) is 78.3 cm³/mol. The summed E-state index contributed by atoms with van der Waals surface area (Å²) in [6.07, 6.45) is 0.458. The lowest BCUT2D eigenvalue weighted by Crippen LogP contribution is -2.28. The molecule has 0 aromatic heterocycles. The van der Waals surface area contributed by atoms with Gasteiger partial charge in [0.2, 0.25) is 5.91 Å². The van der Waals surface area contributed by atoms with Crippen molar-refractivity contribution in [3.63, 3.8) is 0 Å². The van der Waals surface area contributed by atoms with Crippen molar-refractivity contribution in [1.82, 2.24) is 4.90 Å². The van der Waals surface area contributed by atoms with Crippen molar-refractivity contribution >= 4 is 28.3 Å². The first kappa shape index (κ1) is 12.5. The van der Waals surface area contributed by atoms with Crippen LogP contribution in [0.1, 0.15) is 24.9 Å². The molecule has 1 aliphatic rings. The number of hydrogen-bond donors (Lipinski definition) is 0. The highest BCUT2D eigenvalue weighted by atomic mass is 35.5. The van der Waals surface area contributed by atoms with E-state index in [-0.39, 0.29) is 17.3 Å². The van der Waals surface area contributed by atoms with Crippen LogP contribution in [0.4, 0.5) is 0 Å². The summed E-state index contributed by atoms with van der Waals surface area (Å²) in [5.74, 6) is 0.153. The van der Waals surface area contributed by atoms with Gasteiger partial charge in [0.15, 0.2) is 0 Å². The van der Waals surface area contributed by atoms with E-state index in [1.165, 1.54) is 10.8 Å². The van der Waals surface area contributed by atoms with E-state index in [0.29, 0.717) is 13.0 Å². The maximum atomic E-state index is 11.9. The van der Waals surface area contributed by atoms with Gasteiger partial charge in [-0.25, -0.2) is 0 Å². The molecule has 1 heterocycles. The van der Waals surface area contributed by atoms with Gasteiger partial charge in [0, 0.05) is 13.0 Å². The maximum Gasteiger partial charge on any atom is 0.224 e. The number of hydrogen-bond acceptors (Lipinski definition) is 1. The Balaban J connectivity index is 1.93. The highest BCUT2D eigenvalue weighted by Crippen LogP contribution is 2.29. The zero-order chi connectivity index (χ0) is 13.4. The van der Waals surface area contributed by atoms with E-state index in [4.69, 9.17) is 11.6 Å². The fourth-order valence-corrected chi connectivity index (χ4v) is 2.99. The summed E-state index contributed by atoms with van der Waals surface area (Å²) in [4.78, 5) is 13.8. The largest absolute Gasteiger partial charge is 0.334 e. The van der Waals surface area contributed by atoms with E-state index in [9.17, 15) is 4.79 Å². The van der Waals surface area contributed by atoms with Crippen molar-refractivity contribution < 1.29 is 4.79 Å². The number of fused-ring (bicyclic) bond motifs is 1. The molecule has 2 aromatic rings. The Morgan fingerprint density at radius 1 is 1.21 bits per heavy atom. The van der Waals surface area contributed by atoms with Gasteiger partial charge in [0.25, 0.3) is 0 Å². The average Bonchev–Trinajstić information content (AvgIpc) is 2.76. The second-order valence-corrected chi connectivity index (χ2v) is 5.75. The number of benzene rings is 2. The number of alkyl halides is 1. The molecule has 1 amide bonds. The number of likely N-dealkylation sites (tertiary alicyclic amines) is 1. The Hall–Kier alpha value is -1.54. The second-order valence-electron chi connectivity index (χ2n) is 5.13. The van der Waals surface area contributed by atoms with Crippen molar-refractivity contribution in [2.45, 2.75) is 24.8 Å². The molecule has 98 valence electrons. The monoisotopic (exact) mass is 273 g/mol. The van der Waals surface area contributed by atoms with Crippen LogP contribution in [0.15, 0.2) is 42.5 Å². The minimum atomic E-state index is -0.0459. The maximum absolute atomic E-state index is 11.9. The molecular formula is C16H16ClNO. The molecule has 0 radical (unpaired) electrons. The Morgan fingerprint density at radius 3 is 2.63 bits per heavy atom. The lowest BCUT2D eigenvalue weighted by atomic mass is 10.0. The Kier molecular flexibility index (Phi) is 3.19. The van der Waals surface area contributed by atoms with Crippen LogP contribution in [0, 0.1) is 0 Å². The molecule has 2 atom stereocenters. The summed E-state index contributed by atoms with van der Waals surface area (Å²) < 4.78 is 0. The van der Waals surface area contributed by atoms with E-state index >= 15 is 0 Å². The van der Waals surface area contributed by atoms with Crippen molar-refractivity contribution in [2.75, 3.05) is 6.54 Å². The standard InChI is InChI=1S/C16H16ClNO/c1-11(18-10-15(17)9-16(18)19)13-7-6-12-4-2-3-5-14(12)8-13/h2-8,11,15H,9-10H2,1H3/t11-,15?/m0/s1. The van der Waals surface area contributed by atoms with Gasteiger partial charge in [-0.2, -0.15) is 0 Å². The van der Waals surface area contributed by atoms with E-state index in [0.717, 1.165) is 5.56 Å². The minimum absolute atomic E-state index is 0.0459. The summed E-state index contributed by atoms with van der Waals surface area (Å²) in [5, 5.41) is 2.39. The van der Waals surface area contributed by atoms with Gasteiger partial charge in [-0.3, -0.25) is 4.79 Å². The third kappa shape index (κ3) is 2.33. The molecule has 0 saturated carbocycles. The van der Waals surface area contributed by atoms with Gasteiger partial charge >= 0.3 is 0 Å². The van der Waals surface area contributed by atoms with Crippen LogP contribution in [0.25, 0.3) is 10.8 Å². The molecule has 1 unspecified atom stereocenters. The fourth-order valence-electron chi connectivity index (χ4n) is 2.71. The van der Waals surface area contributed by atoms with Crippen molar-refractivity contribution in [2.24, 2.45) is 0 Å². The lowest BCUT2D eigenvalue weighted by Gasteiger charge is -2.25. The molecule has 2 aromatic carbocycles. The lowest BCUT2D eigenvalue weighted by molar-refractivity contribution is -0.129. The molecule has 19 heavy (non-hydrogen) atoms. The topological polar surface area (TPSA) is 20.3 Å². The van der Waals surface area contributed by atoms with Gasteiger partial charge in [-0.05, 0) is 29.3 Å². The molecule has 3 heteroatoms. The normalized spacial score (nSPS) is 21.1. The number of carbonyl (C=O) groups excluding carboxylic acids is 1. The molecule has 3 rings (SSSR count). The highest BCUT2D eigenvalue weighted by Gasteiger charge is 2.31. The van der Waals surface area contributed by atoms with Gasteiger partial charge < -0.3 is 4.90 Å². The number of rotatable bonds is 2.